The Balaban J connectivity index is 2.83. The highest BCUT2D eigenvalue weighted by atomic mass is 16.6. The molecule has 0 N–H and O–H groups in total. The number of nitro groups is 1. The van der Waals surface area contributed by atoms with Crippen molar-refractivity contribution in [2.45, 2.75) is 39.5 Å². The van der Waals surface area contributed by atoms with E-state index in [0.717, 1.165) is 31.2 Å². The van der Waals surface area contributed by atoms with Crippen LogP contribution in [0.15, 0.2) is 29.8 Å². The van der Waals surface area contributed by atoms with Crippen LogP contribution in [0.1, 0.15) is 45.1 Å². The van der Waals surface area contributed by atoms with Gasteiger partial charge in [0.1, 0.15) is 0 Å². The van der Waals surface area contributed by atoms with Crippen molar-refractivity contribution in [3.8, 4) is 0 Å². The summed E-state index contributed by atoms with van der Waals surface area (Å²) in [5.41, 5.74) is 2.62. The molecule has 0 heterocycles. The molecular weight excluding hydrogens is 214 g/mol. The minimum atomic E-state index is -0.369. The van der Waals surface area contributed by atoms with Crippen molar-refractivity contribution in [1.29, 1.82) is 0 Å². The highest BCUT2D eigenvalue weighted by Crippen LogP contribution is 2.19. The summed E-state index contributed by atoms with van der Waals surface area (Å²) in [6.45, 7) is 4.33. The second-order valence-electron chi connectivity index (χ2n) is 4.15. The number of rotatable bonds is 6. The van der Waals surface area contributed by atoms with E-state index in [9.17, 15) is 10.1 Å². The van der Waals surface area contributed by atoms with Gasteiger partial charge in [-0.25, -0.2) is 0 Å². The van der Waals surface area contributed by atoms with Gasteiger partial charge in [-0.1, -0.05) is 38.3 Å². The highest BCUT2D eigenvalue weighted by molar-refractivity contribution is 5.54. The maximum absolute atomic E-state index is 10.5. The Morgan fingerprint density at radius 1 is 1.18 bits per heavy atom. The van der Waals surface area contributed by atoms with Crippen LogP contribution in [-0.2, 0) is 0 Å². The van der Waals surface area contributed by atoms with E-state index in [1.807, 2.05) is 12.1 Å². The fourth-order valence-electron chi connectivity index (χ4n) is 1.84. The third-order valence-corrected chi connectivity index (χ3v) is 2.62. The average molecular weight is 233 g/mol. The normalized spacial score (nSPS) is 10.0. The van der Waals surface area contributed by atoms with E-state index >= 15 is 0 Å². The second kappa shape index (κ2) is 6.84. The zero-order chi connectivity index (χ0) is 12.7. The lowest BCUT2D eigenvalue weighted by Crippen LogP contribution is -1.88. The van der Waals surface area contributed by atoms with Crippen LogP contribution in [0.3, 0.4) is 0 Å². The molecule has 0 bridgehead atoms. The SMILES string of the molecule is CCCC(=Cc1ccc([N+](=O)[O-])cc1)CCC. The van der Waals surface area contributed by atoms with Crippen molar-refractivity contribution in [2.75, 3.05) is 0 Å². The largest absolute Gasteiger partial charge is 0.269 e. The summed E-state index contributed by atoms with van der Waals surface area (Å²) in [6, 6.07) is 6.73. The first-order valence-electron chi connectivity index (χ1n) is 6.11. The predicted molar refractivity (Wildman–Crippen MR) is 70.9 cm³/mol. The van der Waals surface area contributed by atoms with Crippen LogP contribution in [0.5, 0.6) is 0 Å². The number of allylic oxidation sites excluding steroid dienone is 1. The van der Waals surface area contributed by atoms with Gasteiger partial charge >= 0.3 is 0 Å². The summed E-state index contributed by atoms with van der Waals surface area (Å²) in [6.07, 6.45) is 6.63. The van der Waals surface area contributed by atoms with E-state index in [4.69, 9.17) is 0 Å². The molecule has 3 nitrogen and oxygen atoms in total. The molecule has 0 unspecified atom stereocenters. The topological polar surface area (TPSA) is 43.1 Å². The summed E-state index contributed by atoms with van der Waals surface area (Å²) in [4.78, 5) is 10.2. The number of non-ortho nitro benzene ring substituents is 1. The van der Waals surface area contributed by atoms with Crippen LogP contribution in [0.4, 0.5) is 5.69 Å². The van der Waals surface area contributed by atoms with Crippen molar-refractivity contribution in [1.82, 2.24) is 0 Å². The van der Waals surface area contributed by atoms with E-state index in [1.54, 1.807) is 12.1 Å². The molecule has 1 aromatic carbocycles. The molecule has 0 radical (unpaired) electrons. The molecule has 0 atom stereocenters. The first kappa shape index (κ1) is 13.4. The second-order valence-corrected chi connectivity index (χ2v) is 4.15. The fourth-order valence-corrected chi connectivity index (χ4v) is 1.84. The van der Waals surface area contributed by atoms with Crippen LogP contribution < -0.4 is 0 Å². The molecule has 0 saturated carbocycles. The molecule has 1 aromatic rings. The van der Waals surface area contributed by atoms with Gasteiger partial charge in [0, 0.05) is 12.1 Å². The molecule has 0 spiro atoms. The van der Waals surface area contributed by atoms with Crippen LogP contribution >= 0.6 is 0 Å². The van der Waals surface area contributed by atoms with Crippen LogP contribution in [0.2, 0.25) is 0 Å². The van der Waals surface area contributed by atoms with Gasteiger partial charge < -0.3 is 0 Å². The van der Waals surface area contributed by atoms with Crippen LogP contribution in [-0.4, -0.2) is 4.92 Å². The molecule has 0 aliphatic heterocycles. The van der Waals surface area contributed by atoms with Gasteiger partial charge in [-0.3, -0.25) is 10.1 Å². The van der Waals surface area contributed by atoms with Gasteiger partial charge in [-0.15, -0.1) is 0 Å². The van der Waals surface area contributed by atoms with Crippen molar-refractivity contribution in [2.24, 2.45) is 0 Å². The Labute approximate surface area is 102 Å². The van der Waals surface area contributed by atoms with Crippen LogP contribution in [0, 0.1) is 10.1 Å². The van der Waals surface area contributed by atoms with Gasteiger partial charge in [0.15, 0.2) is 0 Å². The monoisotopic (exact) mass is 233 g/mol. The lowest BCUT2D eigenvalue weighted by molar-refractivity contribution is -0.384. The number of benzene rings is 1. The Bertz CT molecular complexity index is 385. The Hall–Kier alpha value is -1.64. The maximum Gasteiger partial charge on any atom is 0.269 e. The van der Waals surface area contributed by atoms with Crippen LogP contribution in [0.25, 0.3) is 6.08 Å². The quantitative estimate of drug-likeness (QED) is 0.533. The van der Waals surface area contributed by atoms with E-state index in [2.05, 4.69) is 19.9 Å². The van der Waals surface area contributed by atoms with Gasteiger partial charge in [-0.2, -0.15) is 0 Å². The number of nitrogens with zero attached hydrogens (tertiary/aromatic N) is 1. The van der Waals surface area contributed by atoms with E-state index in [-0.39, 0.29) is 10.6 Å². The Morgan fingerprint density at radius 2 is 1.71 bits per heavy atom. The summed E-state index contributed by atoms with van der Waals surface area (Å²) >= 11 is 0. The lowest BCUT2D eigenvalue weighted by atomic mass is 10.0. The zero-order valence-corrected chi connectivity index (χ0v) is 10.5. The predicted octanol–water partition coefficient (Wildman–Crippen LogP) is 4.58. The summed E-state index contributed by atoms with van der Waals surface area (Å²) in [5, 5.41) is 10.5. The van der Waals surface area contributed by atoms with Crippen molar-refractivity contribution >= 4 is 11.8 Å². The molecule has 0 aliphatic rings. The number of hydrogen-bond acceptors (Lipinski definition) is 2. The van der Waals surface area contributed by atoms with E-state index < -0.39 is 0 Å². The summed E-state index contributed by atoms with van der Waals surface area (Å²) < 4.78 is 0. The zero-order valence-electron chi connectivity index (χ0n) is 10.5. The number of nitro benzene ring substituents is 1. The van der Waals surface area contributed by atoms with Crippen molar-refractivity contribution < 1.29 is 4.92 Å². The maximum atomic E-state index is 10.5. The molecule has 3 heteroatoms. The van der Waals surface area contributed by atoms with Gasteiger partial charge in [0.25, 0.3) is 5.69 Å². The molecule has 0 saturated heterocycles. The fraction of sp³-hybridized carbons (Fsp3) is 0.429. The van der Waals surface area contributed by atoms with Gasteiger partial charge in [0.2, 0.25) is 0 Å². The standard InChI is InChI=1S/C14H19NO2/c1-3-5-12(6-4-2)11-13-7-9-14(10-8-13)15(16)17/h7-11H,3-6H2,1-2H3. The van der Waals surface area contributed by atoms with Crippen molar-refractivity contribution in [3.05, 3.63) is 45.5 Å². The summed E-state index contributed by atoms with van der Waals surface area (Å²) in [7, 11) is 0. The lowest BCUT2D eigenvalue weighted by Gasteiger charge is -2.04. The minimum Gasteiger partial charge on any atom is -0.258 e. The van der Waals surface area contributed by atoms with Crippen molar-refractivity contribution in [3.63, 3.8) is 0 Å². The molecule has 0 aliphatic carbocycles. The highest BCUT2D eigenvalue weighted by Gasteiger charge is 2.03. The molecule has 92 valence electrons. The van der Waals surface area contributed by atoms with Gasteiger partial charge in [-0.05, 0) is 30.5 Å². The molecule has 0 aromatic heterocycles. The summed E-state index contributed by atoms with van der Waals surface area (Å²) in [5.74, 6) is 0. The van der Waals surface area contributed by atoms with E-state index in [1.165, 1.54) is 5.57 Å². The average Bonchev–Trinajstić information content (AvgIpc) is 2.30. The molecule has 1 rings (SSSR count). The molecule has 0 amide bonds. The third-order valence-electron chi connectivity index (χ3n) is 2.62. The number of hydrogen-bond donors (Lipinski definition) is 0. The van der Waals surface area contributed by atoms with Gasteiger partial charge in [0.05, 0.1) is 4.92 Å². The molecular formula is C14H19NO2. The first-order valence-corrected chi connectivity index (χ1v) is 6.11. The Kier molecular flexibility index (Phi) is 5.40. The Morgan fingerprint density at radius 3 is 2.12 bits per heavy atom. The molecule has 17 heavy (non-hydrogen) atoms. The smallest absolute Gasteiger partial charge is 0.258 e. The third kappa shape index (κ3) is 4.39. The van der Waals surface area contributed by atoms with E-state index in [0.29, 0.717) is 0 Å². The minimum absolute atomic E-state index is 0.148. The molecule has 0 fully saturated rings. The first-order chi connectivity index (χ1) is 8.17.